The van der Waals surface area contributed by atoms with Crippen LogP contribution in [0.5, 0.6) is 0 Å². The van der Waals surface area contributed by atoms with Crippen molar-refractivity contribution in [2.24, 2.45) is 5.92 Å². The molecule has 98 valence electrons. The fourth-order valence-electron chi connectivity index (χ4n) is 1.83. The second-order valence-corrected chi connectivity index (χ2v) is 4.29. The van der Waals surface area contributed by atoms with Gasteiger partial charge in [0.05, 0.1) is 18.4 Å². The van der Waals surface area contributed by atoms with Crippen molar-refractivity contribution in [3.63, 3.8) is 0 Å². The molecule has 0 radical (unpaired) electrons. The molecule has 1 amide bonds. The van der Waals surface area contributed by atoms with Gasteiger partial charge in [0.25, 0.3) is 0 Å². The predicted molar refractivity (Wildman–Crippen MR) is 59.5 cm³/mol. The number of ether oxygens (including phenoxy) is 1. The van der Waals surface area contributed by atoms with Crippen LogP contribution in [0.1, 0.15) is 18.5 Å². The van der Waals surface area contributed by atoms with Gasteiger partial charge < -0.3 is 10.1 Å². The molecule has 1 aromatic rings. The highest BCUT2D eigenvalue weighted by Gasteiger charge is 2.19. The zero-order chi connectivity index (χ0) is 13.0. The molecule has 1 saturated heterocycles. The van der Waals surface area contributed by atoms with E-state index in [1.54, 1.807) is 0 Å². The van der Waals surface area contributed by atoms with E-state index in [1.807, 2.05) is 0 Å². The quantitative estimate of drug-likeness (QED) is 0.886. The Bertz CT molecular complexity index is 434. The molecule has 0 saturated carbocycles. The minimum Gasteiger partial charge on any atom is -0.381 e. The van der Waals surface area contributed by atoms with Crippen molar-refractivity contribution < 1.29 is 18.3 Å². The molecule has 1 aromatic heterocycles. The molecular weight excluding hydrogens is 242 g/mol. The second-order valence-electron chi connectivity index (χ2n) is 4.29. The molecule has 1 atom stereocenters. The van der Waals surface area contributed by atoms with Crippen molar-refractivity contribution in [2.75, 3.05) is 13.2 Å². The van der Waals surface area contributed by atoms with E-state index < -0.39 is 11.6 Å². The third-order valence-electron chi connectivity index (χ3n) is 2.84. The van der Waals surface area contributed by atoms with Crippen LogP contribution in [0.15, 0.2) is 12.3 Å². The van der Waals surface area contributed by atoms with Crippen LogP contribution in [0.2, 0.25) is 0 Å². The Balaban J connectivity index is 1.81. The van der Waals surface area contributed by atoms with Gasteiger partial charge in [-0.05, 0) is 12.3 Å². The average Bonchev–Trinajstić information content (AvgIpc) is 2.80. The van der Waals surface area contributed by atoms with Crippen LogP contribution in [0.3, 0.4) is 0 Å². The number of nitrogens with one attached hydrogen (secondary N) is 1. The van der Waals surface area contributed by atoms with Crippen LogP contribution in [0.4, 0.5) is 8.78 Å². The number of hydrogen-bond donors (Lipinski definition) is 1. The van der Waals surface area contributed by atoms with Gasteiger partial charge in [-0.25, -0.2) is 8.78 Å². The number of carbonyl (C=O) groups is 1. The van der Waals surface area contributed by atoms with E-state index in [0.29, 0.717) is 19.6 Å². The molecule has 18 heavy (non-hydrogen) atoms. The maximum atomic E-state index is 13.2. The first kappa shape index (κ1) is 12.9. The monoisotopic (exact) mass is 256 g/mol. The first-order valence-corrected chi connectivity index (χ1v) is 5.79. The highest BCUT2D eigenvalue weighted by atomic mass is 19.1. The number of halogens is 2. The molecule has 1 aliphatic heterocycles. The van der Waals surface area contributed by atoms with Crippen molar-refractivity contribution in [3.05, 3.63) is 29.6 Å². The molecule has 0 spiro atoms. The van der Waals surface area contributed by atoms with Gasteiger partial charge in [0, 0.05) is 25.7 Å². The van der Waals surface area contributed by atoms with Crippen LogP contribution in [-0.2, 0) is 16.1 Å². The topological polar surface area (TPSA) is 51.2 Å². The van der Waals surface area contributed by atoms with Gasteiger partial charge in [0.2, 0.25) is 5.91 Å². The van der Waals surface area contributed by atoms with E-state index in [2.05, 4.69) is 10.3 Å². The van der Waals surface area contributed by atoms with Gasteiger partial charge in [-0.3, -0.25) is 9.78 Å². The summed E-state index contributed by atoms with van der Waals surface area (Å²) in [6, 6.07) is 0.749. The van der Waals surface area contributed by atoms with Crippen LogP contribution >= 0.6 is 0 Å². The standard InChI is InChI=1S/C12H14F2N2O2/c13-9-4-10(14)11(15-5-9)6-16-12(17)3-8-1-2-18-7-8/h4-5,8H,1-3,6-7H2,(H,16,17). The third-order valence-corrected chi connectivity index (χ3v) is 2.84. The lowest BCUT2D eigenvalue weighted by atomic mass is 10.1. The zero-order valence-electron chi connectivity index (χ0n) is 9.79. The van der Waals surface area contributed by atoms with E-state index in [0.717, 1.165) is 18.7 Å². The van der Waals surface area contributed by atoms with E-state index in [1.165, 1.54) is 0 Å². The Morgan fingerprint density at radius 2 is 2.39 bits per heavy atom. The van der Waals surface area contributed by atoms with Crippen LogP contribution in [0, 0.1) is 17.6 Å². The Morgan fingerprint density at radius 3 is 3.06 bits per heavy atom. The summed E-state index contributed by atoms with van der Waals surface area (Å²) in [6.45, 7) is 1.25. The van der Waals surface area contributed by atoms with Crippen LogP contribution in [0.25, 0.3) is 0 Å². The minimum atomic E-state index is -0.750. The minimum absolute atomic E-state index is 0.0292. The summed E-state index contributed by atoms with van der Waals surface area (Å²) < 4.78 is 31.0. The number of hydrogen-bond acceptors (Lipinski definition) is 3. The van der Waals surface area contributed by atoms with Gasteiger partial charge >= 0.3 is 0 Å². The van der Waals surface area contributed by atoms with Crippen molar-refractivity contribution in [1.82, 2.24) is 10.3 Å². The summed E-state index contributed by atoms with van der Waals surface area (Å²) in [4.78, 5) is 15.2. The predicted octanol–water partition coefficient (Wildman–Crippen LogP) is 1.40. The number of pyridine rings is 1. The fraction of sp³-hybridized carbons (Fsp3) is 0.500. The van der Waals surface area contributed by atoms with Crippen molar-refractivity contribution in [3.8, 4) is 0 Å². The summed E-state index contributed by atoms with van der Waals surface area (Å²) >= 11 is 0. The molecular formula is C12H14F2N2O2. The number of amides is 1. The summed E-state index contributed by atoms with van der Waals surface area (Å²) in [7, 11) is 0. The molecule has 2 heterocycles. The van der Waals surface area contributed by atoms with Crippen molar-refractivity contribution in [1.29, 1.82) is 0 Å². The van der Waals surface area contributed by atoms with Gasteiger partial charge in [-0.15, -0.1) is 0 Å². The SMILES string of the molecule is O=C(CC1CCOC1)NCc1ncc(F)cc1F. The molecule has 0 aromatic carbocycles. The summed E-state index contributed by atoms with van der Waals surface area (Å²) in [6.07, 6.45) is 2.16. The van der Waals surface area contributed by atoms with E-state index in [4.69, 9.17) is 4.74 Å². The lowest BCUT2D eigenvalue weighted by Gasteiger charge is -2.08. The number of carbonyl (C=O) groups excluding carboxylic acids is 1. The van der Waals surface area contributed by atoms with E-state index in [9.17, 15) is 13.6 Å². The Morgan fingerprint density at radius 1 is 1.56 bits per heavy atom. The normalized spacial score (nSPS) is 18.9. The second kappa shape index (κ2) is 5.86. The number of rotatable bonds is 4. The third kappa shape index (κ3) is 3.46. The summed E-state index contributed by atoms with van der Waals surface area (Å²) in [5.74, 6) is -1.42. The summed E-state index contributed by atoms with van der Waals surface area (Å²) in [5.41, 5.74) is 0.0346. The van der Waals surface area contributed by atoms with Gasteiger partial charge in [0.1, 0.15) is 11.6 Å². The fourth-order valence-corrected chi connectivity index (χ4v) is 1.83. The molecule has 2 rings (SSSR count). The average molecular weight is 256 g/mol. The zero-order valence-corrected chi connectivity index (χ0v) is 9.79. The highest BCUT2D eigenvalue weighted by molar-refractivity contribution is 5.76. The van der Waals surface area contributed by atoms with Gasteiger partial charge in [-0.1, -0.05) is 0 Å². The maximum absolute atomic E-state index is 13.2. The first-order valence-electron chi connectivity index (χ1n) is 5.79. The highest BCUT2D eigenvalue weighted by Crippen LogP contribution is 2.16. The molecule has 1 N–H and O–H groups in total. The van der Waals surface area contributed by atoms with Gasteiger partial charge in [-0.2, -0.15) is 0 Å². The Kier molecular flexibility index (Phi) is 4.19. The van der Waals surface area contributed by atoms with Gasteiger partial charge in [0.15, 0.2) is 0 Å². The Labute approximate surface area is 103 Å². The maximum Gasteiger partial charge on any atom is 0.220 e. The van der Waals surface area contributed by atoms with Crippen LogP contribution in [-0.4, -0.2) is 24.1 Å². The Hall–Kier alpha value is -1.56. The summed E-state index contributed by atoms with van der Waals surface area (Å²) in [5, 5.41) is 2.57. The molecule has 1 aliphatic rings. The van der Waals surface area contributed by atoms with Crippen LogP contribution < -0.4 is 5.32 Å². The molecule has 0 bridgehead atoms. The molecule has 0 aliphatic carbocycles. The molecule has 4 nitrogen and oxygen atoms in total. The van der Waals surface area contributed by atoms with E-state index in [-0.39, 0.29) is 24.1 Å². The molecule has 1 unspecified atom stereocenters. The molecule has 6 heteroatoms. The molecule has 1 fully saturated rings. The number of aromatic nitrogens is 1. The lowest BCUT2D eigenvalue weighted by Crippen LogP contribution is -2.26. The first-order chi connectivity index (χ1) is 8.65. The lowest BCUT2D eigenvalue weighted by molar-refractivity contribution is -0.122. The van der Waals surface area contributed by atoms with Crippen molar-refractivity contribution >= 4 is 5.91 Å². The number of nitrogens with zero attached hydrogens (tertiary/aromatic N) is 1. The largest absolute Gasteiger partial charge is 0.381 e. The smallest absolute Gasteiger partial charge is 0.220 e. The van der Waals surface area contributed by atoms with E-state index >= 15 is 0 Å². The van der Waals surface area contributed by atoms with Crippen molar-refractivity contribution in [2.45, 2.75) is 19.4 Å².